The topological polar surface area (TPSA) is 88.0 Å². The second-order valence-corrected chi connectivity index (χ2v) is 9.20. The number of aromatic nitrogens is 2. The molecule has 2 saturated heterocycles. The number of carbonyl (C=O) groups excluding carboxylic acids is 1. The molecule has 2 aliphatic heterocycles. The molecule has 3 heterocycles. The third-order valence-electron chi connectivity index (χ3n) is 6.71. The Kier molecular flexibility index (Phi) is 6.55. The molecule has 2 aromatic carbocycles. The number of amides is 1. The van der Waals surface area contributed by atoms with Gasteiger partial charge >= 0.3 is 6.09 Å². The zero-order chi connectivity index (χ0) is 24.4. The first kappa shape index (κ1) is 23.1. The van der Waals surface area contributed by atoms with E-state index in [1.54, 1.807) is 11.0 Å². The Morgan fingerprint density at radius 3 is 2.69 bits per heavy atom. The Hall–Kier alpha value is -3.65. The van der Waals surface area contributed by atoms with Crippen molar-refractivity contribution >= 4 is 11.9 Å². The van der Waals surface area contributed by atoms with Gasteiger partial charge in [0, 0.05) is 18.7 Å². The summed E-state index contributed by atoms with van der Waals surface area (Å²) in [6, 6.07) is 17.4. The largest absolute Gasteiger partial charge is 0.507 e. The van der Waals surface area contributed by atoms with Crippen LogP contribution in [0.4, 0.5) is 10.6 Å². The number of benzene rings is 2. The van der Waals surface area contributed by atoms with Crippen LogP contribution in [0.2, 0.25) is 0 Å². The zero-order valence-corrected chi connectivity index (χ0v) is 20.1. The number of likely N-dealkylation sites (tertiary alicyclic amines) is 1. The number of phenolic OH excluding ortho intramolecular Hbond substituents is 1. The average Bonchev–Trinajstić information content (AvgIpc) is 2.87. The second-order valence-electron chi connectivity index (χ2n) is 9.20. The average molecular weight is 475 g/mol. The standard InChI is InChI=1S/C27H30N4O4/c1-18-14-19(2)26(23(32)15-18)21-8-9-25(29-28-21)31-12-13-34-24-16-30(11-10-22(24)31)27(33)35-17-20-6-4-3-5-7-20/h3-9,14-15,22,24,32H,10-13,16-17H2,1-2H3/t22-,24+/m0/s1. The van der Waals surface area contributed by atoms with Gasteiger partial charge in [-0.1, -0.05) is 36.4 Å². The number of fused-ring (bicyclic) bond motifs is 1. The van der Waals surface area contributed by atoms with Crippen LogP contribution in [0, 0.1) is 13.8 Å². The fourth-order valence-electron chi connectivity index (χ4n) is 5.04. The number of piperidine rings is 1. The van der Waals surface area contributed by atoms with Crippen molar-refractivity contribution in [2.75, 3.05) is 31.1 Å². The fraction of sp³-hybridized carbons (Fsp3) is 0.370. The number of aromatic hydroxyl groups is 1. The lowest BCUT2D eigenvalue weighted by Gasteiger charge is -2.46. The van der Waals surface area contributed by atoms with Gasteiger partial charge in [-0.2, -0.15) is 0 Å². The molecule has 1 N–H and O–H groups in total. The van der Waals surface area contributed by atoms with E-state index in [-0.39, 0.29) is 30.6 Å². The van der Waals surface area contributed by atoms with Gasteiger partial charge in [-0.15, -0.1) is 10.2 Å². The molecule has 8 nitrogen and oxygen atoms in total. The lowest BCUT2D eigenvalue weighted by atomic mass is 9.98. The van der Waals surface area contributed by atoms with Gasteiger partial charge in [0.05, 0.1) is 31.0 Å². The highest BCUT2D eigenvalue weighted by molar-refractivity contribution is 5.71. The molecule has 1 amide bonds. The summed E-state index contributed by atoms with van der Waals surface area (Å²) < 4.78 is 11.6. The van der Waals surface area contributed by atoms with Crippen molar-refractivity contribution in [3.8, 4) is 17.0 Å². The highest BCUT2D eigenvalue weighted by Crippen LogP contribution is 2.33. The van der Waals surface area contributed by atoms with Crippen molar-refractivity contribution in [2.45, 2.75) is 39.0 Å². The minimum Gasteiger partial charge on any atom is -0.507 e. The van der Waals surface area contributed by atoms with E-state index in [1.165, 1.54) is 0 Å². The molecule has 0 aliphatic carbocycles. The van der Waals surface area contributed by atoms with Crippen LogP contribution in [0.3, 0.4) is 0 Å². The number of ether oxygens (including phenoxy) is 2. The van der Waals surface area contributed by atoms with E-state index in [1.807, 2.05) is 62.4 Å². The summed E-state index contributed by atoms with van der Waals surface area (Å²) >= 11 is 0. The van der Waals surface area contributed by atoms with Crippen molar-refractivity contribution in [3.05, 3.63) is 71.3 Å². The van der Waals surface area contributed by atoms with Gasteiger partial charge in [0.1, 0.15) is 12.4 Å². The van der Waals surface area contributed by atoms with E-state index in [4.69, 9.17) is 9.47 Å². The van der Waals surface area contributed by atoms with E-state index in [0.29, 0.717) is 37.5 Å². The summed E-state index contributed by atoms with van der Waals surface area (Å²) in [6.45, 7) is 6.51. The highest BCUT2D eigenvalue weighted by atomic mass is 16.6. The smallest absolute Gasteiger partial charge is 0.410 e. The molecule has 182 valence electrons. The molecule has 2 aliphatic rings. The van der Waals surface area contributed by atoms with Gasteiger partial charge in [0.2, 0.25) is 0 Å². The van der Waals surface area contributed by atoms with Crippen molar-refractivity contribution in [1.29, 1.82) is 0 Å². The van der Waals surface area contributed by atoms with Gasteiger partial charge in [0.25, 0.3) is 0 Å². The number of hydrogen-bond donors (Lipinski definition) is 1. The van der Waals surface area contributed by atoms with Crippen LogP contribution in [0.1, 0.15) is 23.1 Å². The molecule has 3 aromatic rings. The van der Waals surface area contributed by atoms with Gasteiger partial charge in [-0.05, 0) is 55.2 Å². The number of anilines is 1. The summed E-state index contributed by atoms with van der Waals surface area (Å²) in [7, 11) is 0. The van der Waals surface area contributed by atoms with E-state index in [9.17, 15) is 9.90 Å². The minimum absolute atomic E-state index is 0.108. The highest BCUT2D eigenvalue weighted by Gasteiger charge is 2.39. The van der Waals surface area contributed by atoms with Crippen molar-refractivity contribution in [1.82, 2.24) is 15.1 Å². The number of nitrogens with zero attached hydrogens (tertiary/aromatic N) is 4. The Labute approximate surface area is 205 Å². The summed E-state index contributed by atoms with van der Waals surface area (Å²) in [5.74, 6) is 0.985. The van der Waals surface area contributed by atoms with Gasteiger partial charge in [-0.3, -0.25) is 0 Å². The third-order valence-corrected chi connectivity index (χ3v) is 6.71. The van der Waals surface area contributed by atoms with Crippen molar-refractivity contribution in [3.63, 3.8) is 0 Å². The molecule has 0 spiro atoms. The summed E-state index contributed by atoms with van der Waals surface area (Å²) in [5, 5.41) is 19.4. The summed E-state index contributed by atoms with van der Waals surface area (Å²) in [4.78, 5) is 16.6. The van der Waals surface area contributed by atoms with E-state index in [0.717, 1.165) is 28.9 Å². The van der Waals surface area contributed by atoms with Crippen molar-refractivity contribution < 1.29 is 19.4 Å². The zero-order valence-electron chi connectivity index (χ0n) is 20.1. The van der Waals surface area contributed by atoms with Crippen LogP contribution < -0.4 is 4.90 Å². The van der Waals surface area contributed by atoms with E-state index in [2.05, 4.69) is 15.1 Å². The molecule has 8 heteroatoms. The van der Waals surface area contributed by atoms with Crippen LogP contribution >= 0.6 is 0 Å². The Balaban J connectivity index is 1.25. The molecule has 0 saturated carbocycles. The normalized spacial score (nSPS) is 19.8. The van der Waals surface area contributed by atoms with Crippen LogP contribution in [0.25, 0.3) is 11.3 Å². The fourth-order valence-corrected chi connectivity index (χ4v) is 5.04. The quantitative estimate of drug-likeness (QED) is 0.610. The first-order valence-corrected chi connectivity index (χ1v) is 12.0. The second kappa shape index (κ2) is 9.92. The predicted molar refractivity (Wildman–Crippen MR) is 132 cm³/mol. The molecule has 35 heavy (non-hydrogen) atoms. The monoisotopic (exact) mass is 474 g/mol. The summed E-state index contributed by atoms with van der Waals surface area (Å²) in [6.07, 6.45) is 0.323. The maximum atomic E-state index is 12.6. The van der Waals surface area contributed by atoms with Crippen LogP contribution in [0.15, 0.2) is 54.6 Å². The molecule has 0 unspecified atom stereocenters. The maximum Gasteiger partial charge on any atom is 0.410 e. The molecule has 5 rings (SSSR count). The Morgan fingerprint density at radius 1 is 1.11 bits per heavy atom. The van der Waals surface area contributed by atoms with Gasteiger partial charge in [-0.25, -0.2) is 4.79 Å². The molecular formula is C27H30N4O4. The molecule has 0 bridgehead atoms. The molecule has 2 fully saturated rings. The lowest BCUT2D eigenvalue weighted by Crippen LogP contribution is -2.60. The van der Waals surface area contributed by atoms with E-state index < -0.39 is 0 Å². The van der Waals surface area contributed by atoms with Crippen LogP contribution in [0.5, 0.6) is 5.75 Å². The maximum absolute atomic E-state index is 12.6. The number of aryl methyl sites for hydroxylation is 2. The molecule has 2 atom stereocenters. The van der Waals surface area contributed by atoms with Crippen LogP contribution in [-0.4, -0.2) is 64.7 Å². The number of hydrogen-bond acceptors (Lipinski definition) is 7. The summed E-state index contributed by atoms with van der Waals surface area (Å²) in [5.41, 5.74) is 4.28. The van der Waals surface area contributed by atoms with E-state index >= 15 is 0 Å². The molecular weight excluding hydrogens is 444 g/mol. The number of rotatable bonds is 4. The molecule has 1 aromatic heterocycles. The Morgan fingerprint density at radius 2 is 1.94 bits per heavy atom. The first-order chi connectivity index (χ1) is 17.0. The SMILES string of the molecule is Cc1cc(C)c(-c2ccc(N3CCO[C@@H]4CN(C(=O)OCc5ccccc5)CC[C@@H]43)nn2)c(O)c1. The van der Waals surface area contributed by atoms with Crippen molar-refractivity contribution in [2.24, 2.45) is 0 Å². The number of carbonyl (C=O) groups is 1. The Bertz CT molecular complexity index is 1160. The minimum atomic E-state index is -0.314. The first-order valence-electron chi connectivity index (χ1n) is 12.0. The predicted octanol–water partition coefficient (Wildman–Crippen LogP) is 4.08. The molecule has 0 radical (unpaired) electrons. The third kappa shape index (κ3) is 4.93. The number of phenols is 1. The van der Waals surface area contributed by atoms with Crippen LogP contribution in [-0.2, 0) is 16.1 Å². The lowest BCUT2D eigenvalue weighted by molar-refractivity contribution is -0.0336. The van der Waals surface area contributed by atoms with Gasteiger partial charge < -0.3 is 24.4 Å². The number of morpholine rings is 1. The van der Waals surface area contributed by atoms with Gasteiger partial charge in [0.15, 0.2) is 5.82 Å².